The van der Waals surface area contributed by atoms with Crippen LogP contribution in [-0.2, 0) is 0 Å². The third kappa shape index (κ3) is 4.25. The van der Waals surface area contributed by atoms with Crippen LogP contribution in [0.3, 0.4) is 0 Å². The number of non-ortho nitro benzene ring substituents is 1. The number of carbonyl (C=O) groups excluding carboxylic acids is 1. The second-order valence-corrected chi connectivity index (χ2v) is 6.79. The number of nitro benzene ring substituents is 2. The smallest absolute Gasteiger partial charge is 0.312 e. The van der Waals surface area contributed by atoms with Gasteiger partial charge in [0.1, 0.15) is 5.75 Å². The molecule has 9 heteroatoms. The topological polar surface area (TPSA) is 116 Å². The van der Waals surface area contributed by atoms with E-state index in [-0.39, 0.29) is 34.3 Å². The van der Waals surface area contributed by atoms with Crippen molar-refractivity contribution in [2.45, 2.75) is 19.8 Å². The van der Waals surface area contributed by atoms with Gasteiger partial charge in [-0.2, -0.15) is 0 Å². The number of ether oxygens (including phenoxy) is 1. The van der Waals surface area contributed by atoms with Gasteiger partial charge in [-0.15, -0.1) is 0 Å². The maximum Gasteiger partial charge on any atom is 0.312 e. The van der Waals surface area contributed by atoms with Gasteiger partial charge in [0, 0.05) is 30.8 Å². The van der Waals surface area contributed by atoms with Crippen molar-refractivity contribution >= 4 is 17.3 Å². The lowest BCUT2D eigenvalue weighted by atomic mass is 9.99. The molecule has 1 fully saturated rings. The van der Waals surface area contributed by atoms with E-state index in [0.717, 1.165) is 12.8 Å². The van der Waals surface area contributed by atoms with Crippen LogP contribution in [0.4, 0.5) is 11.4 Å². The first-order valence-corrected chi connectivity index (χ1v) is 8.85. The molecule has 0 N–H and O–H groups in total. The molecule has 28 heavy (non-hydrogen) atoms. The van der Waals surface area contributed by atoms with Crippen LogP contribution in [0.15, 0.2) is 42.5 Å². The number of nitro groups is 2. The predicted octanol–water partition coefficient (Wildman–Crippen LogP) is 4.17. The van der Waals surface area contributed by atoms with Crippen molar-refractivity contribution in [2.24, 2.45) is 5.92 Å². The molecule has 9 nitrogen and oxygen atoms in total. The highest BCUT2D eigenvalue weighted by atomic mass is 16.6. The summed E-state index contributed by atoms with van der Waals surface area (Å²) >= 11 is 0. The summed E-state index contributed by atoms with van der Waals surface area (Å²) in [6, 6.07) is 9.37. The molecule has 1 aliphatic rings. The Morgan fingerprint density at radius 1 is 1.14 bits per heavy atom. The fourth-order valence-electron chi connectivity index (χ4n) is 3.22. The standard InChI is InChI=1S/C19H19N3O6/c1-13-4-3-9-20(12-13)19(23)14-7-8-18(17(10-14)22(26)27)28-16-6-2-5-15(11-16)21(24)25/h2,5-8,10-11,13H,3-4,9,12H2,1H3. The number of benzene rings is 2. The molecule has 2 aromatic rings. The van der Waals surface area contributed by atoms with E-state index in [9.17, 15) is 25.0 Å². The molecule has 1 amide bonds. The molecular weight excluding hydrogens is 366 g/mol. The van der Waals surface area contributed by atoms with E-state index in [2.05, 4.69) is 6.92 Å². The molecule has 0 saturated carbocycles. The molecule has 0 aromatic heterocycles. The van der Waals surface area contributed by atoms with Crippen LogP contribution in [0.25, 0.3) is 0 Å². The summed E-state index contributed by atoms with van der Waals surface area (Å²) in [4.78, 5) is 35.5. The molecule has 1 saturated heterocycles. The normalized spacial score (nSPS) is 16.5. The summed E-state index contributed by atoms with van der Waals surface area (Å²) < 4.78 is 5.49. The third-order valence-corrected chi connectivity index (χ3v) is 4.60. The van der Waals surface area contributed by atoms with E-state index in [1.54, 1.807) is 4.90 Å². The van der Waals surface area contributed by atoms with Crippen molar-refractivity contribution in [2.75, 3.05) is 13.1 Å². The fraction of sp³-hybridized carbons (Fsp3) is 0.316. The molecular formula is C19H19N3O6. The second kappa shape index (κ2) is 8.03. The Hall–Kier alpha value is -3.49. The molecule has 1 aliphatic heterocycles. The quantitative estimate of drug-likeness (QED) is 0.563. The van der Waals surface area contributed by atoms with Crippen LogP contribution in [0, 0.1) is 26.1 Å². The fourth-order valence-corrected chi connectivity index (χ4v) is 3.22. The highest BCUT2D eigenvalue weighted by Crippen LogP contribution is 2.34. The zero-order valence-corrected chi connectivity index (χ0v) is 15.2. The summed E-state index contributed by atoms with van der Waals surface area (Å²) in [5.74, 6) is 0.149. The Kier molecular flexibility index (Phi) is 5.53. The number of rotatable bonds is 5. The molecule has 3 rings (SSSR count). The van der Waals surface area contributed by atoms with Gasteiger partial charge in [-0.1, -0.05) is 13.0 Å². The lowest BCUT2D eigenvalue weighted by Crippen LogP contribution is -2.39. The number of hydrogen-bond donors (Lipinski definition) is 0. The van der Waals surface area contributed by atoms with Gasteiger partial charge in [0.25, 0.3) is 11.6 Å². The lowest BCUT2D eigenvalue weighted by molar-refractivity contribution is -0.386. The molecule has 0 bridgehead atoms. The monoisotopic (exact) mass is 385 g/mol. The van der Waals surface area contributed by atoms with Crippen molar-refractivity contribution in [1.29, 1.82) is 0 Å². The van der Waals surface area contributed by atoms with Crippen molar-refractivity contribution < 1.29 is 19.4 Å². The van der Waals surface area contributed by atoms with Crippen molar-refractivity contribution in [1.82, 2.24) is 4.90 Å². The van der Waals surface area contributed by atoms with E-state index in [1.807, 2.05) is 0 Å². The maximum absolute atomic E-state index is 12.7. The van der Waals surface area contributed by atoms with Crippen molar-refractivity contribution in [3.05, 3.63) is 68.3 Å². The van der Waals surface area contributed by atoms with E-state index in [1.165, 1.54) is 42.5 Å². The van der Waals surface area contributed by atoms with Gasteiger partial charge in [-0.25, -0.2) is 0 Å². The predicted molar refractivity (Wildman–Crippen MR) is 101 cm³/mol. The molecule has 0 spiro atoms. The van der Waals surface area contributed by atoms with E-state index in [0.29, 0.717) is 19.0 Å². The zero-order chi connectivity index (χ0) is 20.3. The molecule has 0 radical (unpaired) electrons. The molecule has 146 valence electrons. The Bertz CT molecular complexity index is 930. The molecule has 1 atom stereocenters. The summed E-state index contributed by atoms with van der Waals surface area (Å²) in [5, 5.41) is 22.4. The zero-order valence-electron chi connectivity index (χ0n) is 15.2. The van der Waals surface area contributed by atoms with Crippen LogP contribution >= 0.6 is 0 Å². The lowest BCUT2D eigenvalue weighted by Gasteiger charge is -2.31. The Labute approximate surface area is 160 Å². The Morgan fingerprint density at radius 3 is 2.61 bits per heavy atom. The van der Waals surface area contributed by atoms with Gasteiger partial charge in [-0.05, 0) is 37.0 Å². The number of hydrogen-bond acceptors (Lipinski definition) is 6. The average molecular weight is 385 g/mol. The minimum Gasteiger partial charge on any atom is -0.450 e. The summed E-state index contributed by atoms with van der Waals surface area (Å²) in [5.41, 5.74) is -0.347. The van der Waals surface area contributed by atoms with Gasteiger partial charge < -0.3 is 9.64 Å². The second-order valence-electron chi connectivity index (χ2n) is 6.79. The van der Waals surface area contributed by atoms with Crippen LogP contribution in [0.2, 0.25) is 0 Å². The van der Waals surface area contributed by atoms with Gasteiger partial charge in [0.15, 0.2) is 0 Å². The highest BCUT2D eigenvalue weighted by Gasteiger charge is 2.25. The SMILES string of the molecule is CC1CCCN(C(=O)c2ccc(Oc3cccc([N+](=O)[O-])c3)c([N+](=O)[O-])c2)C1. The largest absolute Gasteiger partial charge is 0.450 e. The minimum atomic E-state index is -0.637. The number of carbonyl (C=O) groups is 1. The van der Waals surface area contributed by atoms with Gasteiger partial charge >= 0.3 is 5.69 Å². The molecule has 1 unspecified atom stereocenters. The molecule has 0 aliphatic carbocycles. The maximum atomic E-state index is 12.7. The number of amides is 1. The van der Waals surface area contributed by atoms with Crippen LogP contribution in [0.5, 0.6) is 11.5 Å². The molecule has 1 heterocycles. The van der Waals surface area contributed by atoms with E-state index >= 15 is 0 Å². The molecule has 2 aromatic carbocycles. The van der Waals surface area contributed by atoms with Crippen LogP contribution in [0.1, 0.15) is 30.1 Å². The first-order valence-electron chi connectivity index (χ1n) is 8.85. The number of likely N-dealkylation sites (tertiary alicyclic amines) is 1. The van der Waals surface area contributed by atoms with Crippen molar-refractivity contribution in [3.8, 4) is 11.5 Å². The van der Waals surface area contributed by atoms with Crippen LogP contribution in [-0.4, -0.2) is 33.7 Å². The van der Waals surface area contributed by atoms with Crippen molar-refractivity contribution in [3.63, 3.8) is 0 Å². The number of piperidine rings is 1. The minimum absolute atomic E-state index is 0.0888. The summed E-state index contributed by atoms with van der Waals surface area (Å²) in [7, 11) is 0. The van der Waals surface area contributed by atoms with E-state index in [4.69, 9.17) is 4.74 Å². The third-order valence-electron chi connectivity index (χ3n) is 4.60. The van der Waals surface area contributed by atoms with Gasteiger partial charge in [0.05, 0.1) is 15.9 Å². The first kappa shape index (κ1) is 19.3. The highest BCUT2D eigenvalue weighted by molar-refractivity contribution is 5.95. The average Bonchev–Trinajstić information content (AvgIpc) is 2.67. The Morgan fingerprint density at radius 2 is 1.93 bits per heavy atom. The summed E-state index contributed by atoms with van der Waals surface area (Å²) in [6.07, 6.45) is 1.96. The number of nitrogens with zero attached hydrogens (tertiary/aromatic N) is 3. The first-order chi connectivity index (χ1) is 13.3. The van der Waals surface area contributed by atoms with Crippen LogP contribution < -0.4 is 4.74 Å². The van der Waals surface area contributed by atoms with Gasteiger partial charge in [0.2, 0.25) is 5.75 Å². The summed E-state index contributed by atoms with van der Waals surface area (Å²) in [6.45, 7) is 3.32. The Balaban J connectivity index is 1.87. The van der Waals surface area contributed by atoms with E-state index < -0.39 is 9.85 Å². The van der Waals surface area contributed by atoms with Gasteiger partial charge in [-0.3, -0.25) is 25.0 Å².